The Kier molecular flexibility index (Phi) is 4.81. The van der Waals surface area contributed by atoms with E-state index in [1.807, 2.05) is 32.4 Å². The van der Waals surface area contributed by atoms with Crippen LogP contribution in [0.4, 0.5) is 11.4 Å². The molecule has 0 bridgehead atoms. The summed E-state index contributed by atoms with van der Waals surface area (Å²) in [6.45, 7) is 2.12. The van der Waals surface area contributed by atoms with Gasteiger partial charge in [0.2, 0.25) is 0 Å². The van der Waals surface area contributed by atoms with Crippen LogP contribution < -0.4 is 15.1 Å². The van der Waals surface area contributed by atoms with Crippen LogP contribution in [-0.2, 0) is 7.05 Å². The van der Waals surface area contributed by atoms with Gasteiger partial charge in [-0.15, -0.1) is 0 Å². The lowest BCUT2D eigenvalue weighted by Crippen LogP contribution is -2.30. The topological polar surface area (TPSA) is 36.3 Å². The zero-order valence-electron chi connectivity index (χ0n) is 16.6. The molecule has 4 rings (SSSR count). The average Bonchev–Trinajstić information content (AvgIpc) is 3.22. The van der Waals surface area contributed by atoms with Crippen molar-refractivity contribution < 1.29 is 0 Å². The minimum atomic E-state index is -0.0183. The van der Waals surface area contributed by atoms with Gasteiger partial charge in [-0.05, 0) is 67.7 Å². The van der Waals surface area contributed by atoms with Crippen molar-refractivity contribution >= 4 is 28.7 Å². The first-order chi connectivity index (χ1) is 13.5. The number of rotatable bonds is 4. The Morgan fingerprint density at radius 3 is 2.36 bits per heavy atom. The van der Waals surface area contributed by atoms with Crippen molar-refractivity contribution in [3.05, 3.63) is 77.9 Å². The molecule has 1 aromatic carbocycles. The predicted octanol–water partition coefficient (Wildman–Crippen LogP) is 3.97. The monoisotopic (exact) mass is 391 g/mol. The summed E-state index contributed by atoms with van der Waals surface area (Å²) in [6, 6.07) is 18.9. The van der Waals surface area contributed by atoms with E-state index in [-0.39, 0.29) is 12.1 Å². The molecule has 0 amide bonds. The van der Waals surface area contributed by atoms with Crippen LogP contribution in [-0.4, -0.2) is 28.8 Å². The highest BCUT2D eigenvalue weighted by Gasteiger charge is 2.41. The molecule has 6 heteroatoms. The molecule has 1 aliphatic heterocycles. The molecule has 144 valence electrons. The number of pyridine rings is 1. The average molecular weight is 392 g/mol. The molecule has 2 atom stereocenters. The standard InChI is InChI=1S/C22H25N5S/c1-15-8-13-19(26(15)4)21-20(18-7-5-6-14-23-18)24-22(28)27(21)17-11-9-16(10-12-17)25(2)3/h5-14,20-21H,1-4H3,(H,24,28)/t20-,21+/m0/s1. The molecule has 3 aromatic rings. The summed E-state index contributed by atoms with van der Waals surface area (Å²) in [4.78, 5) is 8.92. The van der Waals surface area contributed by atoms with Crippen LogP contribution >= 0.6 is 12.2 Å². The molecule has 0 saturated carbocycles. The molecular weight excluding hydrogens is 366 g/mol. The van der Waals surface area contributed by atoms with Gasteiger partial charge >= 0.3 is 0 Å². The van der Waals surface area contributed by atoms with Crippen LogP contribution in [0.1, 0.15) is 29.2 Å². The van der Waals surface area contributed by atoms with Gasteiger partial charge in [-0.25, -0.2) is 0 Å². The third-order valence-corrected chi connectivity index (χ3v) is 5.77. The molecule has 2 aromatic heterocycles. The van der Waals surface area contributed by atoms with Crippen molar-refractivity contribution in [2.24, 2.45) is 7.05 Å². The largest absolute Gasteiger partial charge is 0.378 e. The molecule has 0 aliphatic carbocycles. The van der Waals surface area contributed by atoms with E-state index in [1.54, 1.807) is 0 Å². The van der Waals surface area contributed by atoms with Crippen LogP contribution in [0.15, 0.2) is 60.8 Å². The van der Waals surface area contributed by atoms with Gasteiger partial charge in [-0.3, -0.25) is 4.98 Å². The lowest BCUT2D eigenvalue weighted by atomic mass is 10.0. The van der Waals surface area contributed by atoms with Crippen molar-refractivity contribution in [1.29, 1.82) is 0 Å². The van der Waals surface area contributed by atoms with Gasteiger partial charge in [-0.1, -0.05) is 6.07 Å². The Labute approximate surface area is 171 Å². The maximum Gasteiger partial charge on any atom is 0.174 e. The zero-order valence-corrected chi connectivity index (χ0v) is 17.4. The first-order valence-corrected chi connectivity index (χ1v) is 9.78. The Bertz CT molecular complexity index is 978. The number of thiocarbonyl (C=S) groups is 1. The Balaban J connectivity index is 1.81. The minimum Gasteiger partial charge on any atom is -0.378 e. The summed E-state index contributed by atoms with van der Waals surface area (Å²) in [5.74, 6) is 0. The number of hydrogen-bond acceptors (Lipinski definition) is 3. The summed E-state index contributed by atoms with van der Waals surface area (Å²) >= 11 is 5.78. The van der Waals surface area contributed by atoms with Crippen LogP contribution in [0.25, 0.3) is 0 Å². The molecule has 1 fully saturated rings. The number of hydrogen-bond donors (Lipinski definition) is 1. The number of nitrogens with zero attached hydrogens (tertiary/aromatic N) is 4. The SMILES string of the molecule is Cc1ccc([C@@H]2[C@H](c3ccccn3)NC(=S)N2c2ccc(N(C)C)cc2)n1C. The maximum absolute atomic E-state index is 5.78. The molecular formula is C22H25N5S. The summed E-state index contributed by atoms with van der Waals surface area (Å²) in [5.41, 5.74) is 5.65. The van der Waals surface area contributed by atoms with E-state index in [1.165, 1.54) is 11.4 Å². The highest BCUT2D eigenvalue weighted by atomic mass is 32.1. The van der Waals surface area contributed by atoms with E-state index in [4.69, 9.17) is 12.2 Å². The van der Waals surface area contributed by atoms with E-state index < -0.39 is 0 Å². The number of nitrogens with one attached hydrogen (secondary N) is 1. The van der Waals surface area contributed by atoms with E-state index in [0.29, 0.717) is 0 Å². The summed E-state index contributed by atoms with van der Waals surface area (Å²) in [6.07, 6.45) is 1.84. The fourth-order valence-corrected chi connectivity index (χ4v) is 4.12. The van der Waals surface area contributed by atoms with Crippen molar-refractivity contribution in [3.63, 3.8) is 0 Å². The quantitative estimate of drug-likeness (QED) is 0.681. The summed E-state index contributed by atoms with van der Waals surface area (Å²) in [5, 5.41) is 4.23. The zero-order chi connectivity index (χ0) is 19.8. The molecule has 28 heavy (non-hydrogen) atoms. The second kappa shape index (κ2) is 7.28. The molecule has 1 aliphatic rings. The Hall–Kier alpha value is -2.86. The molecule has 1 saturated heterocycles. The van der Waals surface area contributed by atoms with Gasteiger partial charge in [0.1, 0.15) is 6.04 Å². The lowest BCUT2D eigenvalue weighted by Gasteiger charge is -2.29. The third-order valence-electron chi connectivity index (χ3n) is 5.46. The summed E-state index contributed by atoms with van der Waals surface area (Å²) < 4.78 is 2.23. The molecule has 3 heterocycles. The van der Waals surface area contributed by atoms with Gasteiger partial charge < -0.3 is 19.7 Å². The number of benzene rings is 1. The highest BCUT2D eigenvalue weighted by molar-refractivity contribution is 7.80. The smallest absolute Gasteiger partial charge is 0.174 e. The maximum atomic E-state index is 5.78. The Morgan fingerprint density at radius 2 is 1.79 bits per heavy atom. The van der Waals surface area contributed by atoms with Gasteiger partial charge in [0.05, 0.1) is 11.7 Å². The van der Waals surface area contributed by atoms with Crippen LogP contribution in [0.5, 0.6) is 0 Å². The van der Waals surface area contributed by atoms with Crippen molar-refractivity contribution in [1.82, 2.24) is 14.9 Å². The van der Waals surface area contributed by atoms with Crippen molar-refractivity contribution in [2.45, 2.75) is 19.0 Å². The van der Waals surface area contributed by atoms with Crippen molar-refractivity contribution in [2.75, 3.05) is 23.9 Å². The summed E-state index contributed by atoms with van der Waals surface area (Å²) in [7, 11) is 6.20. The van der Waals surface area contributed by atoms with E-state index in [2.05, 4.69) is 81.1 Å². The minimum absolute atomic E-state index is 0.0183. The molecule has 5 nitrogen and oxygen atoms in total. The molecule has 0 spiro atoms. The van der Waals surface area contributed by atoms with Crippen LogP contribution in [0.2, 0.25) is 0 Å². The molecule has 0 unspecified atom stereocenters. The van der Waals surface area contributed by atoms with E-state index >= 15 is 0 Å². The second-order valence-electron chi connectivity index (χ2n) is 7.37. The number of anilines is 2. The van der Waals surface area contributed by atoms with Gasteiger partial charge in [0.15, 0.2) is 5.11 Å². The predicted molar refractivity (Wildman–Crippen MR) is 119 cm³/mol. The fourth-order valence-electron chi connectivity index (χ4n) is 3.78. The first-order valence-electron chi connectivity index (χ1n) is 9.37. The first kappa shape index (κ1) is 18.5. The van der Waals surface area contributed by atoms with E-state index in [9.17, 15) is 0 Å². The van der Waals surface area contributed by atoms with Crippen LogP contribution in [0, 0.1) is 6.92 Å². The number of aromatic nitrogens is 2. The van der Waals surface area contributed by atoms with Crippen molar-refractivity contribution in [3.8, 4) is 0 Å². The number of aryl methyl sites for hydroxylation is 1. The van der Waals surface area contributed by atoms with Gasteiger partial charge in [-0.2, -0.15) is 0 Å². The Morgan fingerprint density at radius 1 is 1.04 bits per heavy atom. The third kappa shape index (κ3) is 3.14. The van der Waals surface area contributed by atoms with E-state index in [0.717, 1.165) is 22.2 Å². The normalized spacial score (nSPS) is 19.0. The van der Waals surface area contributed by atoms with Gasteiger partial charge in [0.25, 0.3) is 0 Å². The molecule has 1 N–H and O–H groups in total. The highest BCUT2D eigenvalue weighted by Crippen LogP contribution is 2.42. The van der Waals surface area contributed by atoms with Crippen LogP contribution in [0.3, 0.4) is 0 Å². The van der Waals surface area contributed by atoms with Gasteiger partial charge in [0, 0.05) is 50.1 Å². The lowest BCUT2D eigenvalue weighted by molar-refractivity contribution is 0.539. The second-order valence-corrected chi connectivity index (χ2v) is 7.75. The molecule has 0 radical (unpaired) electrons. The fraction of sp³-hybridized carbons (Fsp3) is 0.273.